The normalized spacial score (nSPS) is 14.7. The number of aromatic nitrogens is 2. The molecule has 3 rings (SSSR count). The molecule has 148 valence electrons. The number of nitrogens with zero attached hydrogens (tertiary/aromatic N) is 3. The van der Waals surface area contributed by atoms with E-state index in [2.05, 4.69) is 5.10 Å². The number of hydrogen-bond donors (Lipinski definition) is 1. The van der Waals surface area contributed by atoms with Crippen molar-refractivity contribution >= 4 is 29.2 Å². The van der Waals surface area contributed by atoms with Crippen molar-refractivity contribution in [3.63, 3.8) is 0 Å². The van der Waals surface area contributed by atoms with Gasteiger partial charge < -0.3 is 14.7 Å². The number of benzene rings is 1. The average molecular weight is 406 g/mol. The van der Waals surface area contributed by atoms with Gasteiger partial charge in [0.2, 0.25) is 0 Å². The fourth-order valence-electron chi connectivity index (χ4n) is 3.19. The molecule has 1 aromatic carbocycles. The molecule has 0 saturated carbocycles. The molecule has 1 aliphatic rings. The second-order valence-corrected chi connectivity index (χ2v) is 6.80. The lowest BCUT2D eigenvalue weighted by molar-refractivity contribution is -0.148. The third-order valence-corrected chi connectivity index (χ3v) is 5.07. The Balaban J connectivity index is 1.78. The molecule has 0 spiro atoms. The summed E-state index contributed by atoms with van der Waals surface area (Å²) in [4.78, 5) is 37.4. The molecular weight excluding hydrogens is 386 g/mol. The first-order chi connectivity index (χ1) is 13.4. The Kier molecular flexibility index (Phi) is 5.99. The zero-order chi connectivity index (χ0) is 20.3. The highest BCUT2D eigenvalue weighted by Gasteiger charge is 2.27. The fourth-order valence-corrected chi connectivity index (χ4v) is 3.44. The van der Waals surface area contributed by atoms with Crippen molar-refractivity contribution < 1.29 is 19.4 Å². The van der Waals surface area contributed by atoms with Crippen LogP contribution in [0.25, 0.3) is 5.69 Å². The molecule has 1 aromatic heterocycles. The third-order valence-electron chi connectivity index (χ3n) is 4.71. The van der Waals surface area contributed by atoms with Crippen LogP contribution in [0.1, 0.15) is 30.1 Å². The molecule has 1 N–H and O–H groups in total. The molecule has 28 heavy (non-hydrogen) atoms. The molecule has 9 heteroatoms. The maximum absolute atomic E-state index is 12.7. The Morgan fingerprint density at radius 3 is 2.46 bits per heavy atom. The predicted octanol–water partition coefficient (Wildman–Crippen LogP) is 2.36. The summed E-state index contributed by atoms with van der Waals surface area (Å²) >= 11 is 6.31. The number of hydrogen-bond acceptors (Lipinski definition) is 6. The van der Waals surface area contributed by atoms with Crippen LogP contribution in [0.2, 0.25) is 5.02 Å². The van der Waals surface area contributed by atoms with Gasteiger partial charge in [0.15, 0.2) is 0 Å². The van der Waals surface area contributed by atoms with Gasteiger partial charge in [-0.25, -0.2) is 4.79 Å². The molecule has 0 aliphatic carbocycles. The number of carboxylic acids is 1. The number of carbonyl (C=O) groups is 2. The standard InChI is InChI=1S/C19H20ClN3O5/c1-2-28-19(27)13-7-9-22(10-8-13)15-11-21-23(17(24)16(15)20)14-5-3-12(4-6-14)18(25)26/h3-6,11,13H,2,7-10H2,1H3,(H,25,26). The van der Waals surface area contributed by atoms with E-state index in [9.17, 15) is 14.4 Å². The topological polar surface area (TPSA) is 102 Å². The Bertz CT molecular complexity index is 934. The number of ether oxygens (including phenoxy) is 1. The van der Waals surface area contributed by atoms with Gasteiger partial charge in [-0.1, -0.05) is 11.6 Å². The lowest BCUT2D eigenvalue weighted by atomic mass is 9.97. The fraction of sp³-hybridized carbons (Fsp3) is 0.368. The number of aromatic carboxylic acids is 1. The van der Waals surface area contributed by atoms with Crippen molar-refractivity contribution in [3.8, 4) is 5.69 Å². The van der Waals surface area contributed by atoms with Gasteiger partial charge in [-0.15, -0.1) is 0 Å². The second-order valence-electron chi connectivity index (χ2n) is 6.43. The molecule has 2 aromatic rings. The number of halogens is 1. The highest BCUT2D eigenvalue weighted by molar-refractivity contribution is 6.33. The number of carboxylic acid groups (broad SMARTS) is 1. The van der Waals surface area contributed by atoms with Crippen LogP contribution in [0.4, 0.5) is 5.69 Å². The quantitative estimate of drug-likeness (QED) is 0.762. The Morgan fingerprint density at radius 2 is 1.89 bits per heavy atom. The summed E-state index contributed by atoms with van der Waals surface area (Å²) in [7, 11) is 0. The molecule has 0 amide bonds. The van der Waals surface area contributed by atoms with Crippen molar-refractivity contribution in [2.75, 3.05) is 24.6 Å². The molecule has 8 nitrogen and oxygen atoms in total. The molecule has 0 atom stereocenters. The zero-order valence-electron chi connectivity index (χ0n) is 15.3. The van der Waals surface area contributed by atoms with Crippen LogP contribution in [-0.4, -0.2) is 46.5 Å². The summed E-state index contributed by atoms with van der Waals surface area (Å²) in [5, 5.41) is 13.2. The van der Waals surface area contributed by atoms with Crippen LogP contribution in [0, 0.1) is 5.92 Å². The number of carbonyl (C=O) groups excluding carboxylic acids is 1. The summed E-state index contributed by atoms with van der Waals surface area (Å²) in [6.07, 6.45) is 2.75. The van der Waals surface area contributed by atoms with Crippen LogP contribution in [-0.2, 0) is 9.53 Å². The first-order valence-electron chi connectivity index (χ1n) is 8.95. The van der Waals surface area contributed by atoms with Gasteiger partial charge in [-0.2, -0.15) is 9.78 Å². The van der Waals surface area contributed by atoms with Crippen molar-refractivity contribution in [2.45, 2.75) is 19.8 Å². The number of piperidine rings is 1. The average Bonchev–Trinajstić information content (AvgIpc) is 2.70. The third kappa shape index (κ3) is 4.01. The van der Waals surface area contributed by atoms with Gasteiger partial charge in [-0.3, -0.25) is 9.59 Å². The highest BCUT2D eigenvalue weighted by Crippen LogP contribution is 2.27. The van der Waals surface area contributed by atoms with E-state index in [4.69, 9.17) is 21.4 Å². The molecule has 0 unspecified atom stereocenters. The minimum absolute atomic E-state index is 0.0342. The minimum atomic E-state index is -1.05. The van der Waals surface area contributed by atoms with Crippen LogP contribution in [0.3, 0.4) is 0 Å². The maximum atomic E-state index is 12.7. The second kappa shape index (κ2) is 8.43. The summed E-state index contributed by atoms with van der Waals surface area (Å²) < 4.78 is 6.19. The molecule has 1 fully saturated rings. The number of anilines is 1. The minimum Gasteiger partial charge on any atom is -0.478 e. The highest BCUT2D eigenvalue weighted by atomic mass is 35.5. The summed E-state index contributed by atoms with van der Waals surface area (Å²) in [5.41, 5.74) is 0.565. The van der Waals surface area contributed by atoms with Gasteiger partial charge >= 0.3 is 11.9 Å². The van der Waals surface area contributed by atoms with Crippen molar-refractivity contribution in [3.05, 3.63) is 51.4 Å². The van der Waals surface area contributed by atoms with Crippen molar-refractivity contribution in [1.29, 1.82) is 0 Å². The Labute approximate surface area is 166 Å². The first-order valence-corrected chi connectivity index (χ1v) is 9.33. The van der Waals surface area contributed by atoms with Crippen LogP contribution in [0.5, 0.6) is 0 Å². The van der Waals surface area contributed by atoms with Crippen molar-refractivity contribution in [1.82, 2.24) is 9.78 Å². The summed E-state index contributed by atoms with van der Waals surface area (Å²) in [6, 6.07) is 5.79. The largest absolute Gasteiger partial charge is 0.478 e. The van der Waals surface area contributed by atoms with Crippen LogP contribution < -0.4 is 10.5 Å². The van der Waals surface area contributed by atoms with Crippen LogP contribution in [0.15, 0.2) is 35.3 Å². The van der Waals surface area contributed by atoms with Gasteiger partial charge in [0.05, 0.1) is 35.7 Å². The Hall–Kier alpha value is -2.87. The smallest absolute Gasteiger partial charge is 0.335 e. The summed E-state index contributed by atoms with van der Waals surface area (Å²) in [5.74, 6) is -1.38. The monoisotopic (exact) mass is 405 g/mol. The van der Waals surface area contributed by atoms with Gasteiger partial charge in [0.1, 0.15) is 5.02 Å². The molecular formula is C19H20ClN3O5. The van der Waals surface area contributed by atoms with E-state index >= 15 is 0 Å². The van der Waals surface area contributed by atoms with Gasteiger partial charge in [0.25, 0.3) is 5.56 Å². The molecule has 0 bridgehead atoms. The van der Waals surface area contributed by atoms with E-state index in [1.807, 2.05) is 4.90 Å². The van der Waals surface area contributed by atoms with E-state index in [-0.39, 0.29) is 22.5 Å². The van der Waals surface area contributed by atoms with E-state index < -0.39 is 11.5 Å². The van der Waals surface area contributed by atoms with Crippen molar-refractivity contribution in [2.24, 2.45) is 5.92 Å². The maximum Gasteiger partial charge on any atom is 0.335 e. The zero-order valence-corrected chi connectivity index (χ0v) is 16.1. The SMILES string of the molecule is CCOC(=O)C1CCN(c2cnn(-c3ccc(C(=O)O)cc3)c(=O)c2Cl)CC1. The van der Waals surface area contributed by atoms with Gasteiger partial charge in [0, 0.05) is 13.1 Å². The van der Waals surface area contributed by atoms with E-state index in [0.717, 1.165) is 4.68 Å². The Morgan fingerprint density at radius 1 is 1.25 bits per heavy atom. The lowest BCUT2D eigenvalue weighted by Gasteiger charge is -2.32. The number of rotatable bonds is 5. The number of esters is 1. The molecule has 2 heterocycles. The first kappa shape index (κ1) is 19.9. The van der Waals surface area contributed by atoms with E-state index in [1.165, 1.54) is 30.5 Å². The predicted molar refractivity (Wildman–Crippen MR) is 103 cm³/mol. The molecule has 0 radical (unpaired) electrons. The van der Waals surface area contributed by atoms with Crippen LogP contribution >= 0.6 is 11.6 Å². The molecule has 1 saturated heterocycles. The van der Waals surface area contributed by atoms with Gasteiger partial charge in [-0.05, 0) is 44.0 Å². The lowest BCUT2D eigenvalue weighted by Crippen LogP contribution is -2.38. The summed E-state index contributed by atoms with van der Waals surface area (Å²) in [6.45, 7) is 3.28. The van der Waals surface area contributed by atoms with E-state index in [0.29, 0.717) is 43.9 Å². The molecule has 1 aliphatic heterocycles. The van der Waals surface area contributed by atoms with E-state index in [1.54, 1.807) is 6.92 Å².